The molecule has 4 rings (SSSR count). The van der Waals surface area contributed by atoms with Crippen molar-refractivity contribution in [3.8, 4) is 21.9 Å². The van der Waals surface area contributed by atoms with Crippen LogP contribution in [-0.4, -0.2) is 50.2 Å². The first-order chi connectivity index (χ1) is 11.7. The summed E-state index contributed by atoms with van der Waals surface area (Å²) < 4.78 is 11.2. The minimum atomic E-state index is 0.0949. The van der Waals surface area contributed by atoms with Gasteiger partial charge in [-0.3, -0.25) is 4.79 Å². The Morgan fingerprint density at radius 1 is 1.21 bits per heavy atom. The zero-order valence-corrected chi connectivity index (χ0v) is 14.4. The molecular formula is C18H20N2O3S. The number of amides is 1. The molecule has 0 saturated carbocycles. The maximum Gasteiger partial charge on any atom is 0.263 e. The van der Waals surface area contributed by atoms with Crippen LogP contribution < -0.4 is 14.8 Å². The van der Waals surface area contributed by atoms with Crippen LogP contribution >= 0.6 is 11.3 Å². The Morgan fingerprint density at radius 2 is 2.04 bits per heavy atom. The Bertz CT molecular complexity index is 752. The lowest BCUT2D eigenvalue weighted by molar-refractivity contribution is 0.0748. The van der Waals surface area contributed by atoms with Crippen LogP contribution in [-0.2, 0) is 0 Å². The summed E-state index contributed by atoms with van der Waals surface area (Å²) in [7, 11) is 1.89. The first-order valence-corrected chi connectivity index (χ1v) is 9.02. The quantitative estimate of drug-likeness (QED) is 0.930. The molecule has 5 nitrogen and oxygen atoms in total. The molecule has 3 heterocycles. The fraction of sp³-hybridized carbons (Fsp3) is 0.389. The molecule has 1 atom stereocenters. The molecule has 2 aliphatic heterocycles. The van der Waals surface area contributed by atoms with Gasteiger partial charge in [0.05, 0.1) is 4.88 Å². The Morgan fingerprint density at radius 3 is 2.83 bits per heavy atom. The van der Waals surface area contributed by atoms with Crippen LogP contribution in [0.2, 0.25) is 0 Å². The van der Waals surface area contributed by atoms with E-state index in [-0.39, 0.29) is 11.9 Å². The molecule has 1 N–H and O–H groups in total. The maximum atomic E-state index is 12.7. The highest BCUT2D eigenvalue weighted by molar-refractivity contribution is 7.17. The maximum absolute atomic E-state index is 12.7. The van der Waals surface area contributed by atoms with Crippen molar-refractivity contribution in [2.24, 2.45) is 0 Å². The summed E-state index contributed by atoms with van der Waals surface area (Å²) in [6.07, 6.45) is 1.02. The third-order valence-electron chi connectivity index (χ3n) is 4.55. The van der Waals surface area contributed by atoms with E-state index < -0.39 is 0 Å². The van der Waals surface area contributed by atoms with Crippen LogP contribution in [0.3, 0.4) is 0 Å². The van der Waals surface area contributed by atoms with E-state index in [2.05, 4.69) is 5.32 Å². The fourth-order valence-corrected chi connectivity index (χ4v) is 4.10. The van der Waals surface area contributed by atoms with Crippen molar-refractivity contribution in [1.29, 1.82) is 0 Å². The summed E-state index contributed by atoms with van der Waals surface area (Å²) in [5, 5.41) is 3.30. The van der Waals surface area contributed by atoms with Crippen molar-refractivity contribution >= 4 is 17.2 Å². The van der Waals surface area contributed by atoms with Crippen molar-refractivity contribution < 1.29 is 14.3 Å². The first kappa shape index (κ1) is 15.5. The Kier molecular flexibility index (Phi) is 4.16. The van der Waals surface area contributed by atoms with Crippen LogP contribution in [0.15, 0.2) is 30.3 Å². The predicted octanol–water partition coefficient (Wildman–Crippen LogP) is 2.62. The van der Waals surface area contributed by atoms with Gasteiger partial charge in [-0.2, -0.15) is 0 Å². The monoisotopic (exact) mass is 344 g/mol. The first-order valence-electron chi connectivity index (χ1n) is 8.20. The van der Waals surface area contributed by atoms with Crippen LogP contribution in [0.1, 0.15) is 16.1 Å². The zero-order chi connectivity index (χ0) is 16.5. The van der Waals surface area contributed by atoms with Crippen LogP contribution in [0.25, 0.3) is 10.4 Å². The summed E-state index contributed by atoms with van der Waals surface area (Å²) in [6, 6.07) is 10.1. The van der Waals surface area contributed by atoms with Crippen molar-refractivity contribution in [2.75, 3.05) is 33.4 Å². The van der Waals surface area contributed by atoms with Crippen molar-refractivity contribution in [3.63, 3.8) is 0 Å². The molecule has 1 aromatic carbocycles. The van der Waals surface area contributed by atoms with E-state index in [1.807, 2.05) is 42.3 Å². The number of nitrogens with zero attached hydrogens (tertiary/aromatic N) is 1. The van der Waals surface area contributed by atoms with E-state index in [0.29, 0.717) is 13.2 Å². The fourth-order valence-electron chi connectivity index (χ4n) is 3.11. The highest BCUT2D eigenvalue weighted by atomic mass is 32.1. The van der Waals surface area contributed by atoms with E-state index in [9.17, 15) is 4.79 Å². The third kappa shape index (κ3) is 2.87. The lowest BCUT2D eigenvalue weighted by Crippen LogP contribution is -2.37. The number of benzene rings is 1. The standard InChI is InChI=1S/C18H20N2O3S/c1-20(13-6-7-19-11-13)18(21)17-5-4-16(24-17)12-2-3-14-15(10-12)23-9-8-22-14/h2-5,10,13,19H,6-9,11H2,1H3. The topological polar surface area (TPSA) is 50.8 Å². The van der Waals surface area contributed by atoms with Crippen LogP contribution in [0.4, 0.5) is 0 Å². The molecular weight excluding hydrogens is 324 g/mol. The minimum absolute atomic E-state index is 0.0949. The highest BCUT2D eigenvalue weighted by Crippen LogP contribution is 2.37. The number of ether oxygens (including phenoxy) is 2. The third-order valence-corrected chi connectivity index (χ3v) is 5.67. The lowest BCUT2D eigenvalue weighted by atomic mass is 10.1. The molecule has 1 aromatic heterocycles. The van der Waals surface area contributed by atoms with E-state index in [0.717, 1.165) is 46.3 Å². The predicted molar refractivity (Wildman–Crippen MR) is 94.1 cm³/mol. The summed E-state index contributed by atoms with van der Waals surface area (Å²) in [4.78, 5) is 16.4. The van der Waals surface area contributed by atoms with Crippen molar-refractivity contribution in [1.82, 2.24) is 10.2 Å². The SMILES string of the molecule is CN(C(=O)c1ccc(-c2ccc3c(c2)OCCO3)s1)C1CCNC1. The number of nitrogens with one attached hydrogen (secondary N) is 1. The molecule has 1 fully saturated rings. The summed E-state index contributed by atoms with van der Waals surface area (Å²) >= 11 is 1.52. The summed E-state index contributed by atoms with van der Waals surface area (Å²) in [5.74, 6) is 1.65. The Labute approximate surface area is 145 Å². The molecule has 0 radical (unpaired) electrons. The normalized spacial score (nSPS) is 19.3. The molecule has 2 aromatic rings. The zero-order valence-electron chi connectivity index (χ0n) is 13.6. The summed E-state index contributed by atoms with van der Waals surface area (Å²) in [6.45, 7) is 3.02. The number of carbonyl (C=O) groups excluding carboxylic acids is 1. The number of rotatable bonds is 3. The van der Waals surface area contributed by atoms with Gasteiger partial charge in [0, 0.05) is 24.5 Å². The molecule has 0 aliphatic carbocycles. The summed E-state index contributed by atoms with van der Waals surface area (Å²) in [5.41, 5.74) is 1.05. The van der Waals surface area contributed by atoms with Gasteiger partial charge in [-0.25, -0.2) is 0 Å². The average molecular weight is 344 g/mol. The molecule has 0 spiro atoms. The van der Waals surface area contributed by atoms with Gasteiger partial charge in [0.25, 0.3) is 5.91 Å². The molecule has 6 heteroatoms. The highest BCUT2D eigenvalue weighted by Gasteiger charge is 2.25. The molecule has 24 heavy (non-hydrogen) atoms. The molecule has 2 aliphatic rings. The smallest absolute Gasteiger partial charge is 0.263 e. The number of fused-ring (bicyclic) bond motifs is 1. The van der Waals surface area contributed by atoms with E-state index in [1.165, 1.54) is 11.3 Å². The van der Waals surface area contributed by atoms with Gasteiger partial charge >= 0.3 is 0 Å². The second-order valence-electron chi connectivity index (χ2n) is 6.09. The van der Waals surface area contributed by atoms with Crippen molar-refractivity contribution in [2.45, 2.75) is 12.5 Å². The van der Waals surface area contributed by atoms with E-state index in [4.69, 9.17) is 9.47 Å². The second-order valence-corrected chi connectivity index (χ2v) is 7.17. The minimum Gasteiger partial charge on any atom is -0.486 e. The van der Waals surface area contributed by atoms with Gasteiger partial charge in [-0.05, 0) is 48.9 Å². The van der Waals surface area contributed by atoms with Gasteiger partial charge in [0.15, 0.2) is 11.5 Å². The number of hydrogen-bond acceptors (Lipinski definition) is 5. The van der Waals surface area contributed by atoms with Gasteiger partial charge in [0.1, 0.15) is 13.2 Å². The largest absolute Gasteiger partial charge is 0.486 e. The van der Waals surface area contributed by atoms with E-state index >= 15 is 0 Å². The van der Waals surface area contributed by atoms with Gasteiger partial charge in [-0.15, -0.1) is 11.3 Å². The molecule has 126 valence electrons. The second kappa shape index (κ2) is 6.45. The molecule has 1 saturated heterocycles. The molecule has 1 amide bonds. The van der Waals surface area contributed by atoms with Gasteiger partial charge in [0.2, 0.25) is 0 Å². The van der Waals surface area contributed by atoms with Crippen LogP contribution in [0, 0.1) is 0 Å². The van der Waals surface area contributed by atoms with Crippen molar-refractivity contribution in [3.05, 3.63) is 35.2 Å². The Balaban J connectivity index is 1.55. The number of likely N-dealkylation sites (N-methyl/N-ethyl adjacent to an activating group) is 1. The van der Waals surface area contributed by atoms with Gasteiger partial charge in [-0.1, -0.05) is 0 Å². The number of carbonyl (C=O) groups is 1. The Hall–Kier alpha value is -2.05. The molecule has 0 bridgehead atoms. The average Bonchev–Trinajstić information content (AvgIpc) is 3.31. The number of thiophene rings is 1. The van der Waals surface area contributed by atoms with Gasteiger partial charge < -0.3 is 19.7 Å². The van der Waals surface area contributed by atoms with Crippen LogP contribution in [0.5, 0.6) is 11.5 Å². The van der Waals surface area contributed by atoms with E-state index in [1.54, 1.807) is 0 Å². The lowest BCUT2D eigenvalue weighted by Gasteiger charge is -2.23. The molecule has 1 unspecified atom stereocenters. The number of hydrogen-bond donors (Lipinski definition) is 1.